The molecule has 3 aromatic rings. The molecule has 3 heterocycles. The Bertz CT molecular complexity index is 1010. The Morgan fingerprint density at radius 2 is 2.00 bits per heavy atom. The number of amides is 2. The van der Waals surface area contributed by atoms with E-state index < -0.39 is 23.5 Å². The van der Waals surface area contributed by atoms with Crippen LogP contribution in [0.3, 0.4) is 0 Å². The Kier molecular flexibility index (Phi) is 4.09. The summed E-state index contributed by atoms with van der Waals surface area (Å²) in [5.41, 5.74) is 1.89. The second-order valence-corrected chi connectivity index (χ2v) is 6.17. The van der Waals surface area contributed by atoms with E-state index in [1.54, 1.807) is 24.0 Å². The second kappa shape index (κ2) is 6.45. The van der Waals surface area contributed by atoms with Crippen molar-refractivity contribution in [2.45, 2.75) is 13.0 Å². The van der Waals surface area contributed by atoms with E-state index in [2.05, 4.69) is 15.6 Å². The summed E-state index contributed by atoms with van der Waals surface area (Å²) in [5, 5.41) is 10.7. The molecule has 0 radical (unpaired) electrons. The largest absolute Gasteiger partial charge is 0.354 e. The van der Waals surface area contributed by atoms with Gasteiger partial charge in [-0.15, -0.1) is 0 Å². The molecular formula is C17H14F3N5O2. The van der Waals surface area contributed by atoms with Crippen LogP contribution in [-0.4, -0.2) is 32.4 Å². The summed E-state index contributed by atoms with van der Waals surface area (Å²) in [6.07, 6.45) is 2.22. The van der Waals surface area contributed by atoms with Gasteiger partial charge in [0.2, 0.25) is 0 Å². The van der Waals surface area contributed by atoms with Crippen LogP contribution in [0.25, 0.3) is 11.5 Å². The normalized spacial score (nSPS) is 13.6. The Hall–Kier alpha value is -3.30. The van der Waals surface area contributed by atoms with Gasteiger partial charge < -0.3 is 14.7 Å². The number of rotatable bonds is 2. The van der Waals surface area contributed by atoms with Crippen molar-refractivity contribution < 1.29 is 22.5 Å². The number of aromatic nitrogens is 3. The summed E-state index contributed by atoms with van der Waals surface area (Å²) >= 11 is 0. The molecule has 0 saturated heterocycles. The first-order valence-corrected chi connectivity index (χ1v) is 8.10. The van der Waals surface area contributed by atoms with Crippen LogP contribution in [0.15, 0.2) is 28.9 Å². The number of hydrogen-bond donors (Lipinski definition) is 1. The van der Waals surface area contributed by atoms with Crippen molar-refractivity contribution in [3.05, 3.63) is 53.1 Å². The predicted octanol–water partition coefficient (Wildman–Crippen LogP) is 3.08. The fourth-order valence-electron chi connectivity index (χ4n) is 2.95. The highest BCUT2D eigenvalue weighted by Gasteiger charge is 2.28. The lowest BCUT2D eigenvalue weighted by molar-refractivity contribution is 0.206. The zero-order valence-electron chi connectivity index (χ0n) is 14.2. The Labute approximate surface area is 151 Å². The molecule has 1 aromatic carbocycles. The molecule has 2 amide bonds. The summed E-state index contributed by atoms with van der Waals surface area (Å²) in [7, 11) is 1.77. The maximum atomic E-state index is 13.3. The topological polar surface area (TPSA) is 76.2 Å². The van der Waals surface area contributed by atoms with Gasteiger partial charge in [0.15, 0.2) is 23.2 Å². The van der Waals surface area contributed by atoms with Gasteiger partial charge >= 0.3 is 6.03 Å². The molecular weight excluding hydrogens is 363 g/mol. The molecule has 0 saturated carbocycles. The third-order valence-corrected chi connectivity index (χ3v) is 4.31. The van der Waals surface area contributed by atoms with Crippen molar-refractivity contribution in [2.24, 2.45) is 7.05 Å². The number of nitrogens with one attached hydrogen (secondary N) is 1. The molecule has 2 aromatic heterocycles. The number of nitrogens with zero attached hydrogens (tertiary/aromatic N) is 4. The van der Waals surface area contributed by atoms with E-state index in [1.807, 2.05) is 0 Å². The molecule has 0 fully saturated rings. The van der Waals surface area contributed by atoms with E-state index in [4.69, 9.17) is 4.52 Å². The van der Waals surface area contributed by atoms with E-state index in [-0.39, 0.29) is 12.2 Å². The third kappa shape index (κ3) is 3.14. The molecule has 27 heavy (non-hydrogen) atoms. The van der Waals surface area contributed by atoms with Gasteiger partial charge in [-0.3, -0.25) is 4.68 Å². The minimum absolute atomic E-state index is 0.169. The third-order valence-electron chi connectivity index (χ3n) is 4.31. The molecule has 1 aliphatic rings. The summed E-state index contributed by atoms with van der Waals surface area (Å²) in [6, 6.07) is 2.65. The maximum absolute atomic E-state index is 13.3. The van der Waals surface area contributed by atoms with E-state index in [0.717, 1.165) is 23.4 Å². The van der Waals surface area contributed by atoms with Crippen LogP contribution < -0.4 is 5.32 Å². The molecule has 1 N–H and O–H groups in total. The molecule has 1 aliphatic heterocycles. The number of aryl methyl sites for hydroxylation is 1. The molecule has 7 nitrogen and oxygen atoms in total. The smallest absolute Gasteiger partial charge is 0.322 e. The molecule has 140 valence electrons. The summed E-state index contributed by atoms with van der Waals surface area (Å²) < 4.78 is 46.7. The summed E-state index contributed by atoms with van der Waals surface area (Å²) in [6.45, 7) is 0.544. The molecule has 10 heteroatoms. The Morgan fingerprint density at radius 1 is 1.26 bits per heavy atom. The van der Waals surface area contributed by atoms with Crippen molar-refractivity contribution in [3.63, 3.8) is 0 Å². The van der Waals surface area contributed by atoms with Gasteiger partial charge in [-0.1, -0.05) is 5.16 Å². The molecule has 4 rings (SSSR count). The average molecular weight is 377 g/mol. The first-order chi connectivity index (χ1) is 12.9. The van der Waals surface area contributed by atoms with Crippen LogP contribution in [0.2, 0.25) is 0 Å². The Balaban J connectivity index is 1.54. The van der Waals surface area contributed by atoms with Gasteiger partial charge in [0.1, 0.15) is 5.69 Å². The maximum Gasteiger partial charge on any atom is 0.322 e. The summed E-state index contributed by atoms with van der Waals surface area (Å²) in [4.78, 5) is 13.9. The minimum atomic E-state index is -1.58. The zero-order valence-corrected chi connectivity index (χ0v) is 14.2. The zero-order chi connectivity index (χ0) is 19.1. The van der Waals surface area contributed by atoms with Crippen molar-refractivity contribution >= 4 is 11.7 Å². The highest BCUT2D eigenvalue weighted by Crippen LogP contribution is 2.29. The number of hydrogen-bond acceptors (Lipinski definition) is 4. The van der Waals surface area contributed by atoms with Crippen molar-refractivity contribution in [2.75, 3.05) is 11.9 Å². The highest BCUT2D eigenvalue weighted by atomic mass is 19.2. The quantitative estimate of drug-likeness (QED) is 0.697. The number of fused-ring (bicyclic) bond motifs is 1. The molecule has 0 aliphatic carbocycles. The first-order valence-electron chi connectivity index (χ1n) is 8.10. The molecule has 0 atom stereocenters. The number of halogens is 3. The Morgan fingerprint density at radius 3 is 2.67 bits per heavy atom. The van der Waals surface area contributed by atoms with E-state index >= 15 is 0 Å². The van der Waals surface area contributed by atoms with Crippen LogP contribution in [0, 0.1) is 17.5 Å². The van der Waals surface area contributed by atoms with Crippen LogP contribution in [-0.2, 0) is 20.0 Å². The van der Waals surface area contributed by atoms with Crippen LogP contribution in [0.4, 0.5) is 23.7 Å². The van der Waals surface area contributed by atoms with E-state index in [0.29, 0.717) is 24.4 Å². The molecule has 0 spiro atoms. The molecule has 0 bridgehead atoms. The lowest BCUT2D eigenvalue weighted by Crippen LogP contribution is -2.38. The van der Waals surface area contributed by atoms with Crippen LogP contribution in [0.5, 0.6) is 0 Å². The standard InChI is InChI=1S/C17H14F3N5O2/c1-24-4-2-14(22-24)16-10-8-25(5-3-13(10)23-27-16)17(26)21-9-6-11(18)15(20)12(19)7-9/h2,4,6-7H,3,5,8H2,1H3,(H,21,26). The van der Waals surface area contributed by atoms with Crippen molar-refractivity contribution in [1.82, 2.24) is 19.8 Å². The summed E-state index contributed by atoms with van der Waals surface area (Å²) in [5.74, 6) is -3.85. The lowest BCUT2D eigenvalue weighted by Gasteiger charge is -2.26. The van der Waals surface area contributed by atoms with Crippen LogP contribution in [0.1, 0.15) is 11.3 Å². The highest BCUT2D eigenvalue weighted by molar-refractivity contribution is 5.89. The van der Waals surface area contributed by atoms with Gasteiger partial charge in [0.25, 0.3) is 0 Å². The number of benzene rings is 1. The fourth-order valence-corrected chi connectivity index (χ4v) is 2.95. The van der Waals surface area contributed by atoms with Crippen molar-refractivity contribution in [3.8, 4) is 11.5 Å². The monoisotopic (exact) mass is 377 g/mol. The van der Waals surface area contributed by atoms with Gasteiger partial charge in [-0.25, -0.2) is 18.0 Å². The van der Waals surface area contributed by atoms with Gasteiger partial charge in [-0.05, 0) is 6.07 Å². The number of carbonyl (C=O) groups excluding carboxylic acids is 1. The minimum Gasteiger partial charge on any atom is -0.354 e. The lowest BCUT2D eigenvalue weighted by atomic mass is 10.0. The van der Waals surface area contributed by atoms with Gasteiger partial charge in [-0.2, -0.15) is 5.10 Å². The average Bonchev–Trinajstić information content (AvgIpc) is 3.24. The SMILES string of the molecule is Cn1ccc(-c2onc3c2CN(C(=O)Nc2cc(F)c(F)c(F)c2)CC3)n1. The predicted molar refractivity (Wildman–Crippen MR) is 88.2 cm³/mol. The number of carbonyl (C=O) groups is 1. The van der Waals surface area contributed by atoms with Gasteiger partial charge in [0, 0.05) is 49.6 Å². The number of urea groups is 1. The van der Waals surface area contributed by atoms with Gasteiger partial charge in [0.05, 0.1) is 12.2 Å². The number of anilines is 1. The van der Waals surface area contributed by atoms with Crippen LogP contribution >= 0.6 is 0 Å². The van der Waals surface area contributed by atoms with E-state index in [9.17, 15) is 18.0 Å². The molecule has 0 unspecified atom stereocenters. The second-order valence-electron chi connectivity index (χ2n) is 6.17. The fraction of sp³-hybridized carbons (Fsp3) is 0.235. The van der Waals surface area contributed by atoms with Crippen molar-refractivity contribution in [1.29, 1.82) is 0 Å². The first kappa shape index (κ1) is 17.1. The van der Waals surface area contributed by atoms with E-state index in [1.165, 1.54) is 4.90 Å².